The first-order chi connectivity index (χ1) is 7.29. The van der Waals surface area contributed by atoms with Gasteiger partial charge in [-0.15, -0.1) is 11.3 Å². The van der Waals surface area contributed by atoms with E-state index in [1.54, 1.807) is 6.20 Å². The molecule has 0 amide bonds. The zero-order valence-corrected chi connectivity index (χ0v) is 9.38. The van der Waals surface area contributed by atoms with Gasteiger partial charge in [-0.3, -0.25) is 4.79 Å². The third-order valence-corrected chi connectivity index (χ3v) is 3.64. The monoisotopic (exact) mass is 227 g/mol. The third-order valence-electron chi connectivity index (χ3n) is 2.66. The number of thiazole rings is 1. The van der Waals surface area contributed by atoms with Crippen molar-refractivity contribution in [1.82, 2.24) is 4.98 Å². The number of esters is 1. The third kappa shape index (κ3) is 1.77. The molecule has 4 nitrogen and oxygen atoms in total. The summed E-state index contributed by atoms with van der Waals surface area (Å²) in [6.45, 7) is 1.09. The van der Waals surface area contributed by atoms with Crippen LogP contribution in [-0.4, -0.2) is 31.3 Å². The van der Waals surface area contributed by atoms with E-state index in [0.29, 0.717) is 13.2 Å². The summed E-state index contributed by atoms with van der Waals surface area (Å²) in [7, 11) is 1.41. The second-order valence-electron chi connectivity index (χ2n) is 3.57. The van der Waals surface area contributed by atoms with Crippen LogP contribution in [0, 0.1) is 0 Å². The molecule has 0 bridgehead atoms. The summed E-state index contributed by atoms with van der Waals surface area (Å²) < 4.78 is 10.3. The van der Waals surface area contributed by atoms with E-state index in [4.69, 9.17) is 9.47 Å². The summed E-state index contributed by atoms with van der Waals surface area (Å²) in [5, 5.41) is 2.67. The Hall–Kier alpha value is -0.940. The topological polar surface area (TPSA) is 48.4 Å². The lowest BCUT2D eigenvalue weighted by Gasteiger charge is -2.32. The quantitative estimate of drug-likeness (QED) is 0.716. The number of hydrogen-bond donors (Lipinski definition) is 0. The molecule has 15 heavy (non-hydrogen) atoms. The lowest BCUT2D eigenvalue weighted by atomic mass is 9.83. The molecule has 0 spiro atoms. The van der Waals surface area contributed by atoms with Crippen LogP contribution in [0.3, 0.4) is 0 Å². The van der Waals surface area contributed by atoms with Crippen LogP contribution < -0.4 is 0 Å². The van der Waals surface area contributed by atoms with Gasteiger partial charge in [0, 0.05) is 18.2 Å². The maximum atomic E-state index is 11.9. The van der Waals surface area contributed by atoms with Crippen LogP contribution in [0.4, 0.5) is 0 Å². The number of hydrogen-bond acceptors (Lipinski definition) is 5. The summed E-state index contributed by atoms with van der Waals surface area (Å²) in [5.41, 5.74) is -0.666. The van der Waals surface area contributed by atoms with Crippen LogP contribution in [0.5, 0.6) is 0 Å². The van der Waals surface area contributed by atoms with Gasteiger partial charge in [-0.05, 0) is 12.8 Å². The number of carbonyl (C=O) groups excluding carboxylic acids is 1. The fourth-order valence-corrected chi connectivity index (χ4v) is 2.71. The molecule has 82 valence electrons. The average molecular weight is 227 g/mol. The van der Waals surface area contributed by atoms with E-state index in [1.165, 1.54) is 18.4 Å². The lowest BCUT2D eigenvalue weighted by Crippen LogP contribution is -2.44. The molecule has 1 aliphatic heterocycles. The number of ether oxygens (including phenoxy) is 2. The molecule has 2 rings (SSSR count). The van der Waals surface area contributed by atoms with Gasteiger partial charge in [-0.1, -0.05) is 0 Å². The zero-order chi connectivity index (χ0) is 10.7. The summed E-state index contributed by atoms with van der Waals surface area (Å²) in [4.78, 5) is 16.1. The van der Waals surface area contributed by atoms with Gasteiger partial charge in [0.15, 0.2) is 0 Å². The first-order valence-corrected chi connectivity index (χ1v) is 5.74. The van der Waals surface area contributed by atoms with Crippen LogP contribution >= 0.6 is 11.3 Å². The van der Waals surface area contributed by atoms with Crippen molar-refractivity contribution in [3.63, 3.8) is 0 Å². The molecular formula is C10H13NO3S. The highest BCUT2D eigenvalue weighted by Crippen LogP contribution is 2.35. The van der Waals surface area contributed by atoms with Gasteiger partial charge in [0.1, 0.15) is 10.4 Å². The first kappa shape index (κ1) is 10.6. The number of methoxy groups -OCH3 is 1. The summed E-state index contributed by atoms with van der Waals surface area (Å²) in [6.07, 6.45) is 3.33. The molecule has 0 aliphatic carbocycles. The second kappa shape index (κ2) is 4.28. The number of nitrogens with zero attached hydrogens (tertiary/aromatic N) is 1. The highest BCUT2D eigenvalue weighted by atomic mass is 32.1. The van der Waals surface area contributed by atoms with Crippen molar-refractivity contribution in [2.24, 2.45) is 0 Å². The fraction of sp³-hybridized carbons (Fsp3) is 0.600. The Labute approximate surface area is 92.2 Å². The van der Waals surface area contributed by atoms with E-state index in [2.05, 4.69) is 4.98 Å². The molecule has 1 aromatic rings. The van der Waals surface area contributed by atoms with Gasteiger partial charge in [-0.2, -0.15) is 0 Å². The minimum Gasteiger partial charge on any atom is -0.468 e. The van der Waals surface area contributed by atoms with Gasteiger partial charge in [0.2, 0.25) is 0 Å². The SMILES string of the molecule is COC(=O)C1(c2nccs2)CCCOC1. The summed E-state index contributed by atoms with van der Waals surface area (Å²) >= 11 is 1.48. The Balaban J connectivity index is 2.34. The summed E-state index contributed by atoms with van der Waals surface area (Å²) in [6, 6.07) is 0. The molecule has 2 heterocycles. The molecule has 0 aromatic carbocycles. The number of rotatable bonds is 2. The molecule has 1 atom stereocenters. The number of aromatic nitrogens is 1. The van der Waals surface area contributed by atoms with E-state index >= 15 is 0 Å². The minimum absolute atomic E-state index is 0.239. The second-order valence-corrected chi connectivity index (χ2v) is 4.46. The Morgan fingerprint density at radius 2 is 2.60 bits per heavy atom. The van der Waals surface area contributed by atoms with E-state index in [1.807, 2.05) is 5.38 Å². The van der Waals surface area contributed by atoms with Crippen LogP contribution in [-0.2, 0) is 19.7 Å². The van der Waals surface area contributed by atoms with Gasteiger partial charge < -0.3 is 9.47 Å². The van der Waals surface area contributed by atoms with Crippen molar-refractivity contribution in [3.05, 3.63) is 16.6 Å². The standard InChI is InChI=1S/C10H13NO3S/c1-13-9(12)10(3-2-5-14-7-10)8-11-4-6-15-8/h4,6H,2-3,5,7H2,1H3. The highest BCUT2D eigenvalue weighted by Gasteiger charge is 2.45. The molecule has 0 radical (unpaired) electrons. The van der Waals surface area contributed by atoms with E-state index in [9.17, 15) is 4.79 Å². The molecule has 1 unspecified atom stereocenters. The maximum Gasteiger partial charge on any atom is 0.321 e. The van der Waals surface area contributed by atoms with Crippen molar-refractivity contribution in [3.8, 4) is 0 Å². The predicted molar refractivity (Wildman–Crippen MR) is 55.9 cm³/mol. The van der Waals surface area contributed by atoms with E-state index in [0.717, 1.165) is 17.8 Å². The average Bonchev–Trinajstić information content (AvgIpc) is 2.83. The van der Waals surface area contributed by atoms with Crippen LogP contribution in [0.1, 0.15) is 17.8 Å². The zero-order valence-electron chi connectivity index (χ0n) is 8.56. The van der Waals surface area contributed by atoms with Crippen molar-refractivity contribution in [1.29, 1.82) is 0 Å². The number of carbonyl (C=O) groups is 1. The van der Waals surface area contributed by atoms with E-state index in [-0.39, 0.29) is 5.97 Å². The highest BCUT2D eigenvalue weighted by molar-refractivity contribution is 7.09. The van der Waals surface area contributed by atoms with Crippen LogP contribution in [0.15, 0.2) is 11.6 Å². The fourth-order valence-electron chi connectivity index (χ4n) is 1.87. The minimum atomic E-state index is -0.666. The summed E-state index contributed by atoms with van der Waals surface area (Å²) in [5.74, 6) is -0.239. The molecule has 1 aromatic heterocycles. The maximum absolute atomic E-state index is 11.9. The molecule has 1 aliphatic rings. The Kier molecular flexibility index (Phi) is 3.02. The molecule has 1 fully saturated rings. The van der Waals surface area contributed by atoms with Crippen molar-refractivity contribution in [2.45, 2.75) is 18.3 Å². The molecular weight excluding hydrogens is 214 g/mol. The van der Waals surface area contributed by atoms with Crippen LogP contribution in [0.25, 0.3) is 0 Å². The predicted octanol–water partition coefficient (Wildman–Crippen LogP) is 1.36. The Morgan fingerprint density at radius 1 is 1.73 bits per heavy atom. The van der Waals surface area contributed by atoms with Crippen molar-refractivity contribution < 1.29 is 14.3 Å². The van der Waals surface area contributed by atoms with Gasteiger partial charge >= 0.3 is 5.97 Å². The van der Waals surface area contributed by atoms with Gasteiger partial charge in [-0.25, -0.2) is 4.98 Å². The lowest BCUT2D eigenvalue weighted by molar-refractivity contribution is -0.153. The van der Waals surface area contributed by atoms with Gasteiger partial charge in [0.25, 0.3) is 0 Å². The largest absolute Gasteiger partial charge is 0.468 e. The first-order valence-electron chi connectivity index (χ1n) is 4.86. The molecule has 0 N–H and O–H groups in total. The Morgan fingerprint density at radius 3 is 3.13 bits per heavy atom. The normalized spacial score (nSPS) is 26.2. The van der Waals surface area contributed by atoms with Crippen LogP contribution in [0.2, 0.25) is 0 Å². The Bertz CT molecular complexity index is 330. The molecule has 5 heteroatoms. The smallest absolute Gasteiger partial charge is 0.321 e. The van der Waals surface area contributed by atoms with E-state index < -0.39 is 5.41 Å². The van der Waals surface area contributed by atoms with Gasteiger partial charge in [0.05, 0.1) is 13.7 Å². The van der Waals surface area contributed by atoms with Crippen molar-refractivity contribution in [2.75, 3.05) is 20.3 Å². The van der Waals surface area contributed by atoms with Crippen molar-refractivity contribution >= 4 is 17.3 Å². The molecule has 1 saturated heterocycles. The molecule has 0 saturated carbocycles.